The average Bonchev–Trinajstić information content (AvgIpc) is 2.48. The Morgan fingerprint density at radius 2 is 1.62 bits per heavy atom. The van der Waals surface area contributed by atoms with E-state index in [9.17, 15) is 10.2 Å². The number of hydrogen-bond acceptors (Lipinski definition) is 8. The monoisotopic (exact) mass is 310 g/mol. The van der Waals surface area contributed by atoms with Crippen LogP contribution >= 0.6 is 0 Å². The first kappa shape index (κ1) is 18.7. The van der Waals surface area contributed by atoms with Gasteiger partial charge in [0.1, 0.15) is 12.2 Å². The van der Waals surface area contributed by atoms with Crippen molar-refractivity contribution in [3.8, 4) is 0 Å². The zero-order chi connectivity index (χ0) is 15.5. The van der Waals surface area contributed by atoms with Crippen molar-refractivity contribution in [1.29, 1.82) is 0 Å². The quantitative estimate of drug-likeness (QED) is 0.396. The van der Waals surface area contributed by atoms with Crippen molar-refractivity contribution < 1.29 is 39.0 Å². The zero-order valence-electron chi connectivity index (χ0n) is 12.3. The lowest BCUT2D eigenvalue weighted by molar-refractivity contribution is -0.259. The van der Waals surface area contributed by atoms with E-state index in [-0.39, 0.29) is 13.0 Å². The van der Waals surface area contributed by atoms with Gasteiger partial charge in [-0.15, -0.1) is 0 Å². The molecule has 4 unspecified atom stereocenters. The summed E-state index contributed by atoms with van der Waals surface area (Å²) in [4.78, 5) is 0. The number of hydrogen-bond donors (Lipinski definition) is 3. The van der Waals surface area contributed by atoms with Crippen molar-refractivity contribution in [2.75, 3.05) is 53.4 Å². The summed E-state index contributed by atoms with van der Waals surface area (Å²) in [7, 11) is 1.61. The van der Waals surface area contributed by atoms with Crippen molar-refractivity contribution in [1.82, 2.24) is 0 Å². The predicted octanol–water partition coefficient (Wildman–Crippen LogP) is -1.49. The maximum Gasteiger partial charge on any atom is 0.160 e. The lowest BCUT2D eigenvalue weighted by atomic mass is 10.0. The SMILES string of the molecule is COCCOCCOCCOC1CC(O)C(O)C(CO)O1. The Balaban J connectivity index is 2.00. The van der Waals surface area contributed by atoms with Gasteiger partial charge >= 0.3 is 0 Å². The smallest absolute Gasteiger partial charge is 0.160 e. The van der Waals surface area contributed by atoms with Gasteiger partial charge in [0.15, 0.2) is 6.29 Å². The first-order valence-corrected chi connectivity index (χ1v) is 7.07. The summed E-state index contributed by atoms with van der Waals surface area (Å²) >= 11 is 0. The maximum absolute atomic E-state index is 9.61. The molecular formula is C13H26O8. The van der Waals surface area contributed by atoms with Crippen molar-refractivity contribution in [2.24, 2.45) is 0 Å². The van der Waals surface area contributed by atoms with E-state index < -0.39 is 24.6 Å². The molecule has 1 saturated heterocycles. The molecule has 0 radical (unpaired) electrons. The minimum absolute atomic E-state index is 0.164. The van der Waals surface area contributed by atoms with Crippen LogP contribution in [0.3, 0.4) is 0 Å². The Labute approximate surface area is 124 Å². The summed E-state index contributed by atoms with van der Waals surface area (Å²) in [5.74, 6) is 0. The van der Waals surface area contributed by atoms with Gasteiger partial charge in [-0.1, -0.05) is 0 Å². The molecule has 126 valence electrons. The minimum atomic E-state index is -1.09. The zero-order valence-corrected chi connectivity index (χ0v) is 12.3. The molecule has 1 rings (SSSR count). The van der Waals surface area contributed by atoms with E-state index in [4.69, 9.17) is 28.8 Å². The Bertz CT molecular complexity index is 252. The van der Waals surface area contributed by atoms with E-state index in [2.05, 4.69) is 0 Å². The Morgan fingerprint density at radius 1 is 1.00 bits per heavy atom. The van der Waals surface area contributed by atoms with Crippen LogP contribution in [0, 0.1) is 0 Å². The summed E-state index contributed by atoms with van der Waals surface area (Å²) in [6, 6.07) is 0. The molecule has 8 nitrogen and oxygen atoms in total. The highest BCUT2D eigenvalue weighted by molar-refractivity contribution is 4.82. The van der Waals surface area contributed by atoms with E-state index >= 15 is 0 Å². The summed E-state index contributed by atoms with van der Waals surface area (Å²) in [6.07, 6.45) is -3.36. The van der Waals surface area contributed by atoms with Gasteiger partial charge in [-0.2, -0.15) is 0 Å². The van der Waals surface area contributed by atoms with Crippen LogP contribution < -0.4 is 0 Å². The molecule has 0 aromatic carbocycles. The van der Waals surface area contributed by atoms with Crippen LogP contribution in [0.15, 0.2) is 0 Å². The van der Waals surface area contributed by atoms with Gasteiger partial charge in [0.25, 0.3) is 0 Å². The van der Waals surface area contributed by atoms with Crippen LogP contribution in [-0.2, 0) is 23.7 Å². The second-order valence-corrected chi connectivity index (χ2v) is 4.67. The van der Waals surface area contributed by atoms with Crippen LogP contribution in [-0.4, -0.2) is 93.3 Å². The van der Waals surface area contributed by atoms with E-state index in [0.717, 1.165) is 0 Å². The fourth-order valence-corrected chi connectivity index (χ4v) is 1.88. The number of methoxy groups -OCH3 is 1. The molecular weight excluding hydrogens is 284 g/mol. The Kier molecular flexibility index (Phi) is 10.1. The third-order valence-electron chi connectivity index (χ3n) is 3.05. The molecule has 1 heterocycles. The highest BCUT2D eigenvalue weighted by Gasteiger charge is 2.36. The van der Waals surface area contributed by atoms with Crippen LogP contribution in [0.1, 0.15) is 6.42 Å². The predicted molar refractivity (Wildman–Crippen MR) is 71.8 cm³/mol. The van der Waals surface area contributed by atoms with Crippen molar-refractivity contribution in [3.63, 3.8) is 0 Å². The largest absolute Gasteiger partial charge is 0.394 e. The lowest BCUT2D eigenvalue weighted by Crippen LogP contribution is -2.50. The summed E-state index contributed by atoms with van der Waals surface area (Å²) in [5, 5.41) is 28.2. The molecule has 0 aliphatic carbocycles. The minimum Gasteiger partial charge on any atom is -0.394 e. The standard InChI is InChI=1S/C13H26O8/c1-17-2-3-18-4-5-19-6-7-20-12-8-10(15)13(16)11(9-14)21-12/h10-16H,2-9H2,1H3. The molecule has 0 saturated carbocycles. The van der Waals surface area contributed by atoms with Gasteiger partial charge in [-0.05, 0) is 0 Å². The molecule has 1 aliphatic heterocycles. The molecule has 0 aromatic heterocycles. The second kappa shape index (κ2) is 11.3. The van der Waals surface area contributed by atoms with Crippen molar-refractivity contribution >= 4 is 0 Å². The first-order valence-electron chi connectivity index (χ1n) is 7.07. The first-order chi connectivity index (χ1) is 10.2. The highest BCUT2D eigenvalue weighted by atomic mass is 16.7. The molecule has 21 heavy (non-hydrogen) atoms. The maximum atomic E-state index is 9.61. The van der Waals surface area contributed by atoms with E-state index in [1.165, 1.54) is 0 Å². The molecule has 0 bridgehead atoms. The highest BCUT2D eigenvalue weighted by Crippen LogP contribution is 2.20. The number of rotatable bonds is 11. The third-order valence-corrected chi connectivity index (χ3v) is 3.05. The van der Waals surface area contributed by atoms with Gasteiger partial charge in [-0.3, -0.25) is 0 Å². The topological polar surface area (TPSA) is 107 Å². The van der Waals surface area contributed by atoms with Crippen LogP contribution in [0.4, 0.5) is 0 Å². The number of ether oxygens (including phenoxy) is 5. The van der Waals surface area contributed by atoms with E-state index in [1.807, 2.05) is 0 Å². The van der Waals surface area contributed by atoms with Gasteiger partial charge in [0, 0.05) is 13.5 Å². The fraction of sp³-hybridized carbons (Fsp3) is 1.00. The second-order valence-electron chi connectivity index (χ2n) is 4.67. The lowest BCUT2D eigenvalue weighted by Gasteiger charge is -2.35. The summed E-state index contributed by atoms with van der Waals surface area (Å²) < 4.78 is 26.1. The molecule has 4 atom stereocenters. The van der Waals surface area contributed by atoms with Crippen molar-refractivity contribution in [2.45, 2.75) is 31.0 Å². The average molecular weight is 310 g/mol. The van der Waals surface area contributed by atoms with E-state index in [0.29, 0.717) is 39.6 Å². The molecule has 1 fully saturated rings. The van der Waals surface area contributed by atoms with E-state index in [1.54, 1.807) is 7.11 Å². The Hall–Kier alpha value is -0.320. The number of aliphatic hydroxyl groups excluding tert-OH is 3. The normalized spacial score (nSPS) is 29.7. The van der Waals surface area contributed by atoms with Crippen molar-refractivity contribution in [3.05, 3.63) is 0 Å². The molecule has 3 N–H and O–H groups in total. The molecule has 0 aromatic rings. The van der Waals surface area contributed by atoms with Crippen LogP contribution in [0.25, 0.3) is 0 Å². The van der Waals surface area contributed by atoms with Crippen LogP contribution in [0.5, 0.6) is 0 Å². The van der Waals surface area contributed by atoms with Gasteiger partial charge in [0.05, 0.1) is 52.4 Å². The molecule has 8 heteroatoms. The summed E-state index contributed by atoms with van der Waals surface area (Å²) in [6.45, 7) is 2.34. The van der Waals surface area contributed by atoms with Gasteiger partial charge < -0.3 is 39.0 Å². The summed E-state index contributed by atoms with van der Waals surface area (Å²) in [5.41, 5.74) is 0. The van der Waals surface area contributed by atoms with Gasteiger partial charge in [-0.25, -0.2) is 0 Å². The number of aliphatic hydroxyl groups is 3. The fourth-order valence-electron chi connectivity index (χ4n) is 1.88. The van der Waals surface area contributed by atoms with Gasteiger partial charge in [0.2, 0.25) is 0 Å². The molecule has 0 amide bonds. The van der Waals surface area contributed by atoms with Crippen LogP contribution in [0.2, 0.25) is 0 Å². The Morgan fingerprint density at radius 3 is 2.24 bits per heavy atom. The molecule has 0 spiro atoms. The molecule has 1 aliphatic rings. The third kappa shape index (κ3) is 7.48.